The van der Waals surface area contributed by atoms with Crippen LogP contribution in [0.5, 0.6) is 0 Å². The fraction of sp³-hybridized carbons (Fsp3) is 0.533. The predicted molar refractivity (Wildman–Crippen MR) is 78.8 cm³/mol. The Labute approximate surface area is 117 Å². The van der Waals surface area contributed by atoms with Crippen molar-refractivity contribution < 1.29 is 5.11 Å². The summed E-state index contributed by atoms with van der Waals surface area (Å²) in [4.78, 5) is 11.9. The van der Waals surface area contributed by atoms with Gasteiger partial charge in [0.1, 0.15) is 0 Å². The second kappa shape index (κ2) is 5.07. The molecule has 2 atom stereocenters. The first-order chi connectivity index (χ1) is 9.59. The third kappa shape index (κ3) is 2.07. The van der Waals surface area contributed by atoms with Gasteiger partial charge in [-0.2, -0.15) is 0 Å². The lowest BCUT2D eigenvalue weighted by molar-refractivity contribution is 0.114. The van der Waals surface area contributed by atoms with Gasteiger partial charge in [-0.25, -0.2) is 4.79 Å². The number of fused-ring (bicyclic) bond motifs is 1. The molecule has 1 aromatic heterocycles. The molecule has 0 saturated carbocycles. The van der Waals surface area contributed by atoms with Gasteiger partial charge in [0.05, 0.1) is 17.1 Å². The van der Waals surface area contributed by atoms with Crippen LogP contribution in [0.3, 0.4) is 0 Å². The summed E-state index contributed by atoms with van der Waals surface area (Å²) >= 11 is 0. The average molecular weight is 275 g/mol. The van der Waals surface area contributed by atoms with Crippen LogP contribution in [-0.4, -0.2) is 26.8 Å². The number of aryl methyl sites for hydroxylation is 2. The van der Waals surface area contributed by atoms with Gasteiger partial charge in [-0.3, -0.25) is 9.13 Å². The Morgan fingerprint density at radius 3 is 2.70 bits per heavy atom. The number of nitrogens with zero attached hydrogens (tertiary/aromatic N) is 2. The Hall–Kier alpha value is -1.59. The van der Waals surface area contributed by atoms with E-state index in [1.807, 2.05) is 18.2 Å². The lowest BCUT2D eigenvalue weighted by Crippen LogP contribution is -2.38. The van der Waals surface area contributed by atoms with Gasteiger partial charge in [-0.15, -0.1) is 0 Å². The van der Waals surface area contributed by atoms with E-state index >= 15 is 0 Å². The molecule has 108 valence electrons. The molecule has 1 aromatic carbocycles. The molecule has 20 heavy (non-hydrogen) atoms. The third-order valence-corrected chi connectivity index (χ3v) is 4.37. The molecule has 0 aliphatic carbocycles. The van der Waals surface area contributed by atoms with E-state index in [2.05, 4.69) is 5.32 Å². The van der Waals surface area contributed by atoms with Crippen LogP contribution in [0.4, 0.5) is 0 Å². The molecule has 2 aromatic rings. The van der Waals surface area contributed by atoms with Crippen LogP contribution in [0.2, 0.25) is 0 Å². The molecule has 2 N–H and O–H groups in total. The van der Waals surface area contributed by atoms with Gasteiger partial charge in [0.25, 0.3) is 0 Å². The summed E-state index contributed by atoms with van der Waals surface area (Å²) < 4.78 is 3.25. The highest BCUT2D eigenvalue weighted by Crippen LogP contribution is 2.25. The first-order valence-electron chi connectivity index (χ1n) is 7.16. The number of nitrogens with one attached hydrogen (secondary N) is 1. The summed E-state index contributed by atoms with van der Waals surface area (Å²) in [6.07, 6.45) is 2.80. The molecule has 2 heterocycles. The monoisotopic (exact) mass is 275 g/mol. The Morgan fingerprint density at radius 2 is 2.00 bits per heavy atom. The molecule has 0 spiro atoms. The number of aliphatic hydroxyl groups is 1. The van der Waals surface area contributed by atoms with Crippen LogP contribution in [-0.2, 0) is 14.1 Å². The standard InChI is InChI=1S/C15H21N3O2/c1-17-12-7-6-10(9-13(12)18(2)15(17)20)14(19)11-5-3-4-8-16-11/h6-7,9,11,14,16,19H,3-5,8H2,1-2H3. The van der Waals surface area contributed by atoms with Crippen LogP contribution < -0.4 is 11.0 Å². The topological polar surface area (TPSA) is 59.2 Å². The first kappa shape index (κ1) is 13.4. The van der Waals surface area contributed by atoms with Crippen LogP contribution in [0.25, 0.3) is 11.0 Å². The molecule has 1 aliphatic heterocycles. The van der Waals surface area contributed by atoms with Crippen molar-refractivity contribution >= 4 is 11.0 Å². The number of benzene rings is 1. The van der Waals surface area contributed by atoms with E-state index in [0.717, 1.165) is 36.0 Å². The van der Waals surface area contributed by atoms with Gasteiger partial charge >= 0.3 is 5.69 Å². The highest BCUT2D eigenvalue weighted by molar-refractivity contribution is 5.77. The summed E-state index contributed by atoms with van der Waals surface area (Å²) in [5, 5.41) is 13.9. The van der Waals surface area contributed by atoms with Crippen LogP contribution in [0.1, 0.15) is 30.9 Å². The van der Waals surface area contributed by atoms with E-state index in [0.29, 0.717) is 0 Å². The molecular formula is C15H21N3O2. The highest BCUT2D eigenvalue weighted by Gasteiger charge is 2.23. The second-order valence-corrected chi connectivity index (χ2v) is 5.65. The van der Waals surface area contributed by atoms with Gasteiger partial charge in [0, 0.05) is 20.1 Å². The molecule has 2 unspecified atom stereocenters. The van der Waals surface area contributed by atoms with Gasteiger partial charge in [-0.1, -0.05) is 12.5 Å². The van der Waals surface area contributed by atoms with E-state index in [-0.39, 0.29) is 11.7 Å². The number of imidazole rings is 1. The maximum Gasteiger partial charge on any atom is 0.328 e. The number of rotatable bonds is 2. The fourth-order valence-corrected chi connectivity index (χ4v) is 3.09. The minimum absolute atomic E-state index is 0.0394. The quantitative estimate of drug-likeness (QED) is 0.861. The average Bonchev–Trinajstić information content (AvgIpc) is 2.72. The minimum Gasteiger partial charge on any atom is -0.387 e. The zero-order valence-electron chi connectivity index (χ0n) is 12.0. The molecular weight excluding hydrogens is 254 g/mol. The van der Waals surface area contributed by atoms with Crippen LogP contribution in [0, 0.1) is 0 Å². The largest absolute Gasteiger partial charge is 0.387 e. The van der Waals surface area contributed by atoms with E-state index < -0.39 is 6.10 Å². The molecule has 5 heteroatoms. The number of piperidine rings is 1. The Bertz CT molecular complexity index is 680. The maximum absolute atomic E-state index is 11.9. The van der Waals surface area contributed by atoms with Crippen molar-refractivity contribution in [2.45, 2.75) is 31.4 Å². The summed E-state index contributed by atoms with van der Waals surface area (Å²) in [5.41, 5.74) is 2.59. The first-order valence-corrected chi connectivity index (χ1v) is 7.16. The molecule has 0 amide bonds. The summed E-state index contributed by atoms with van der Waals surface area (Å²) in [5.74, 6) is 0. The van der Waals surface area contributed by atoms with Crippen molar-refractivity contribution in [3.63, 3.8) is 0 Å². The van der Waals surface area contributed by atoms with E-state index in [4.69, 9.17) is 0 Å². The lowest BCUT2D eigenvalue weighted by atomic mass is 9.95. The number of aliphatic hydroxyl groups excluding tert-OH is 1. The third-order valence-electron chi connectivity index (χ3n) is 4.37. The van der Waals surface area contributed by atoms with Crippen LogP contribution in [0.15, 0.2) is 23.0 Å². The number of aromatic nitrogens is 2. The second-order valence-electron chi connectivity index (χ2n) is 5.65. The highest BCUT2D eigenvalue weighted by atomic mass is 16.3. The molecule has 1 fully saturated rings. The molecule has 5 nitrogen and oxygen atoms in total. The smallest absolute Gasteiger partial charge is 0.328 e. The van der Waals surface area contributed by atoms with Gasteiger partial charge in [0.15, 0.2) is 0 Å². The molecule has 1 saturated heterocycles. The van der Waals surface area contributed by atoms with Crippen molar-refractivity contribution in [1.82, 2.24) is 14.5 Å². The molecule has 3 rings (SSSR count). The minimum atomic E-state index is -0.519. The Morgan fingerprint density at radius 1 is 1.25 bits per heavy atom. The Kier molecular flexibility index (Phi) is 3.40. The van der Waals surface area contributed by atoms with Crippen molar-refractivity contribution in [1.29, 1.82) is 0 Å². The van der Waals surface area contributed by atoms with E-state index in [9.17, 15) is 9.90 Å². The molecule has 1 aliphatic rings. The van der Waals surface area contributed by atoms with Gasteiger partial charge in [-0.05, 0) is 37.1 Å². The summed E-state index contributed by atoms with van der Waals surface area (Å²) in [6.45, 7) is 0.966. The van der Waals surface area contributed by atoms with Gasteiger partial charge < -0.3 is 10.4 Å². The van der Waals surface area contributed by atoms with Crippen molar-refractivity contribution in [2.75, 3.05) is 6.54 Å². The molecule has 0 bridgehead atoms. The van der Waals surface area contributed by atoms with Gasteiger partial charge in [0.2, 0.25) is 0 Å². The van der Waals surface area contributed by atoms with Crippen molar-refractivity contribution in [3.05, 3.63) is 34.2 Å². The SMILES string of the molecule is Cn1c(=O)n(C)c2cc(C(O)C3CCCCN3)ccc21. The zero-order valence-corrected chi connectivity index (χ0v) is 12.0. The zero-order chi connectivity index (χ0) is 14.3. The maximum atomic E-state index is 11.9. The molecule has 0 radical (unpaired) electrons. The fourth-order valence-electron chi connectivity index (χ4n) is 3.09. The summed E-state index contributed by atoms with van der Waals surface area (Å²) in [6, 6.07) is 5.88. The van der Waals surface area contributed by atoms with E-state index in [1.54, 1.807) is 23.2 Å². The van der Waals surface area contributed by atoms with E-state index in [1.165, 1.54) is 6.42 Å². The normalized spacial score (nSPS) is 21.2. The Balaban J connectivity index is 2.00. The van der Waals surface area contributed by atoms with Crippen molar-refractivity contribution in [3.8, 4) is 0 Å². The summed E-state index contributed by atoms with van der Waals surface area (Å²) in [7, 11) is 3.53. The predicted octanol–water partition coefficient (Wildman–Crippen LogP) is 1.05. The number of hydrogen-bond acceptors (Lipinski definition) is 3. The lowest BCUT2D eigenvalue weighted by Gasteiger charge is -2.28. The van der Waals surface area contributed by atoms with Crippen molar-refractivity contribution in [2.24, 2.45) is 14.1 Å². The number of hydrogen-bond donors (Lipinski definition) is 2. The van der Waals surface area contributed by atoms with Crippen LogP contribution >= 0.6 is 0 Å².